The zero-order valence-electron chi connectivity index (χ0n) is 10.7. The largest absolute Gasteiger partial charge is 0.352 e. The van der Waals surface area contributed by atoms with Gasteiger partial charge in [0, 0.05) is 17.8 Å². The molecule has 0 saturated heterocycles. The first-order valence-corrected chi connectivity index (χ1v) is 5.81. The van der Waals surface area contributed by atoms with Crippen LogP contribution >= 0.6 is 0 Å². The summed E-state index contributed by atoms with van der Waals surface area (Å²) in [7, 11) is 0. The van der Waals surface area contributed by atoms with E-state index in [2.05, 4.69) is 17.2 Å². The van der Waals surface area contributed by atoms with Crippen molar-refractivity contribution in [2.24, 2.45) is 0 Å². The number of carbonyl (C=O) groups excluding carboxylic acids is 3. The van der Waals surface area contributed by atoms with E-state index in [1.807, 2.05) is 0 Å². The van der Waals surface area contributed by atoms with Crippen molar-refractivity contribution in [3.8, 4) is 0 Å². The Morgan fingerprint density at radius 1 is 1.16 bits per heavy atom. The molecule has 0 atom stereocenters. The average molecular weight is 260 g/mol. The van der Waals surface area contributed by atoms with E-state index in [4.69, 9.17) is 0 Å². The SMILES string of the molecule is C=CCNC(=O)CC(=O)Nc1ccc(C(C)=O)cc1. The van der Waals surface area contributed by atoms with Gasteiger partial charge in [0.25, 0.3) is 0 Å². The number of anilines is 1. The molecule has 0 aliphatic heterocycles. The molecule has 0 unspecified atom stereocenters. The van der Waals surface area contributed by atoms with Crippen LogP contribution < -0.4 is 10.6 Å². The molecule has 0 heterocycles. The fourth-order valence-electron chi connectivity index (χ4n) is 1.39. The fraction of sp³-hybridized carbons (Fsp3) is 0.214. The molecule has 0 fully saturated rings. The zero-order chi connectivity index (χ0) is 14.3. The molecule has 100 valence electrons. The van der Waals surface area contributed by atoms with Gasteiger partial charge < -0.3 is 10.6 Å². The Bertz CT molecular complexity index is 492. The van der Waals surface area contributed by atoms with Gasteiger partial charge in [-0.2, -0.15) is 0 Å². The molecule has 2 amide bonds. The van der Waals surface area contributed by atoms with Crippen LogP contribution in [-0.2, 0) is 9.59 Å². The maximum atomic E-state index is 11.5. The third-order valence-corrected chi connectivity index (χ3v) is 2.34. The van der Waals surface area contributed by atoms with Gasteiger partial charge in [-0.25, -0.2) is 0 Å². The second-order valence-corrected chi connectivity index (χ2v) is 3.95. The number of carbonyl (C=O) groups is 3. The van der Waals surface area contributed by atoms with Crippen LogP contribution in [0.25, 0.3) is 0 Å². The molecular formula is C14H16N2O3. The molecular weight excluding hydrogens is 244 g/mol. The predicted molar refractivity (Wildman–Crippen MR) is 72.9 cm³/mol. The third-order valence-electron chi connectivity index (χ3n) is 2.34. The maximum absolute atomic E-state index is 11.5. The molecule has 0 aromatic heterocycles. The Kier molecular flexibility index (Phi) is 5.47. The van der Waals surface area contributed by atoms with Crippen molar-refractivity contribution in [1.29, 1.82) is 0 Å². The van der Waals surface area contributed by atoms with Crippen LogP contribution in [0.5, 0.6) is 0 Å². The van der Waals surface area contributed by atoms with Gasteiger partial charge in [-0.1, -0.05) is 6.08 Å². The standard InChI is InChI=1S/C14H16N2O3/c1-3-8-15-13(18)9-14(19)16-12-6-4-11(5-7-12)10(2)17/h3-7H,1,8-9H2,2H3,(H,15,18)(H,16,19). The Labute approximate surface area is 111 Å². The fourth-order valence-corrected chi connectivity index (χ4v) is 1.39. The van der Waals surface area contributed by atoms with Crippen LogP contribution in [0, 0.1) is 0 Å². The molecule has 0 aliphatic carbocycles. The van der Waals surface area contributed by atoms with Gasteiger partial charge in [0.05, 0.1) is 0 Å². The zero-order valence-corrected chi connectivity index (χ0v) is 10.7. The first kappa shape index (κ1) is 14.6. The summed E-state index contributed by atoms with van der Waals surface area (Å²) in [5, 5.41) is 5.09. The average Bonchev–Trinajstić information content (AvgIpc) is 2.36. The molecule has 19 heavy (non-hydrogen) atoms. The van der Waals surface area contributed by atoms with Gasteiger partial charge in [0.1, 0.15) is 6.42 Å². The highest BCUT2D eigenvalue weighted by Gasteiger charge is 2.08. The minimum absolute atomic E-state index is 0.0401. The summed E-state index contributed by atoms with van der Waals surface area (Å²) in [6.45, 7) is 5.26. The molecule has 1 aromatic carbocycles. The summed E-state index contributed by atoms with van der Waals surface area (Å²) in [5.41, 5.74) is 1.12. The van der Waals surface area contributed by atoms with Crippen LogP contribution in [0.2, 0.25) is 0 Å². The smallest absolute Gasteiger partial charge is 0.233 e. The number of rotatable bonds is 6. The minimum atomic E-state index is -0.405. The molecule has 5 heteroatoms. The molecule has 0 aliphatic rings. The number of hydrogen-bond acceptors (Lipinski definition) is 3. The first-order valence-electron chi connectivity index (χ1n) is 5.81. The van der Waals surface area contributed by atoms with E-state index < -0.39 is 5.91 Å². The predicted octanol–water partition coefficient (Wildman–Crippen LogP) is 1.52. The van der Waals surface area contributed by atoms with E-state index in [9.17, 15) is 14.4 Å². The van der Waals surface area contributed by atoms with Crippen LogP contribution in [0.4, 0.5) is 5.69 Å². The van der Waals surface area contributed by atoms with Crippen LogP contribution in [-0.4, -0.2) is 24.1 Å². The Balaban J connectivity index is 2.50. The van der Waals surface area contributed by atoms with Crippen molar-refractivity contribution in [2.45, 2.75) is 13.3 Å². The normalized spacial score (nSPS) is 9.53. The molecule has 2 N–H and O–H groups in total. The molecule has 0 saturated carbocycles. The van der Waals surface area contributed by atoms with Crippen LogP contribution in [0.1, 0.15) is 23.7 Å². The summed E-state index contributed by atoms with van der Waals surface area (Å²) in [4.78, 5) is 33.9. The topological polar surface area (TPSA) is 75.3 Å². The first-order chi connectivity index (χ1) is 9.02. The Morgan fingerprint density at radius 3 is 2.32 bits per heavy atom. The van der Waals surface area contributed by atoms with Gasteiger partial charge in [0.15, 0.2) is 5.78 Å². The van der Waals surface area contributed by atoms with Gasteiger partial charge in [-0.15, -0.1) is 6.58 Å². The molecule has 0 spiro atoms. The molecule has 0 bridgehead atoms. The Morgan fingerprint density at radius 2 is 1.79 bits per heavy atom. The number of ketones is 1. The van der Waals surface area contributed by atoms with Crippen molar-refractivity contribution in [2.75, 3.05) is 11.9 Å². The van der Waals surface area contributed by atoms with Gasteiger partial charge in [0.2, 0.25) is 11.8 Å². The summed E-state index contributed by atoms with van der Waals surface area (Å²) < 4.78 is 0. The lowest BCUT2D eigenvalue weighted by atomic mass is 10.1. The van der Waals surface area contributed by atoms with Crippen molar-refractivity contribution >= 4 is 23.3 Å². The summed E-state index contributed by atoms with van der Waals surface area (Å²) in [6.07, 6.45) is 1.29. The second kappa shape index (κ2) is 7.10. The summed E-state index contributed by atoms with van der Waals surface area (Å²) in [6, 6.07) is 6.48. The number of amides is 2. The van der Waals surface area contributed by atoms with E-state index in [0.29, 0.717) is 17.8 Å². The molecule has 1 rings (SSSR count). The van der Waals surface area contributed by atoms with E-state index >= 15 is 0 Å². The van der Waals surface area contributed by atoms with Gasteiger partial charge in [-0.3, -0.25) is 14.4 Å². The van der Waals surface area contributed by atoms with Crippen molar-refractivity contribution < 1.29 is 14.4 Å². The molecule has 0 radical (unpaired) electrons. The summed E-state index contributed by atoms with van der Waals surface area (Å²) >= 11 is 0. The van der Waals surface area contributed by atoms with Crippen molar-refractivity contribution in [3.05, 3.63) is 42.5 Å². The van der Waals surface area contributed by atoms with E-state index in [1.54, 1.807) is 24.3 Å². The summed E-state index contributed by atoms with van der Waals surface area (Å²) in [5.74, 6) is -0.809. The van der Waals surface area contributed by atoms with E-state index in [-0.39, 0.29) is 18.1 Å². The lowest BCUT2D eigenvalue weighted by Gasteiger charge is -2.06. The minimum Gasteiger partial charge on any atom is -0.352 e. The lowest BCUT2D eigenvalue weighted by molar-refractivity contribution is -0.126. The number of Topliss-reactive ketones (excluding diaryl/α,β-unsaturated/α-hetero) is 1. The maximum Gasteiger partial charge on any atom is 0.233 e. The Hall–Kier alpha value is -2.43. The van der Waals surface area contributed by atoms with Gasteiger partial charge >= 0.3 is 0 Å². The van der Waals surface area contributed by atoms with Crippen LogP contribution in [0.3, 0.4) is 0 Å². The highest BCUT2D eigenvalue weighted by molar-refractivity contribution is 6.03. The monoisotopic (exact) mass is 260 g/mol. The number of nitrogens with one attached hydrogen (secondary N) is 2. The van der Waals surface area contributed by atoms with Crippen molar-refractivity contribution in [1.82, 2.24) is 5.32 Å². The third kappa shape index (κ3) is 5.16. The van der Waals surface area contributed by atoms with E-state index in [1.165, 1.54) is 13.0 Å². The quantitative estimate of drug-likeness (QED) is 0.462. The van der Waals surface area contributed by atoms with Gasteiger partial charge in [-0.05, 0) is 31.2 Å². The second-order valence-electron chi connectivity index (χ2n) is 3.95. The number of benzene rings is 1. The highest BCUT2D eigenvalue weighted by atomic mass is 16.2. The highest BCUT2D eigenvalue weighted by Crippen LogP contribution is 2.10. The van der Waals surface area contributed by atoms with Crippen LogP contribution in [0.15, 0.2) is 36.9 Å². The van der Waals surface area contributed by atoms with E-state index in [0.717, 1.165) is 0 Å². The van der Waals surface area contributed by atoms with Crippen molar-refractivity contribution in [3.63, 3.8) is 0 Å². The lowest BCUT2D eigenvalue weighted by Crippen LogP contribution is -2.28. The molecule has 1 aromatic rings. The number of hydrogen-bond donors (Lipinski definition) is 2. The molecule has 5 nitrogen and oxygen atoms in total.